The predicted octanol–water partition coefficient (Wildman–Crippen LogP) is 0.107. The summed E-state index contributed by atoms with van der Waals surface area (Å²) in [4.78, 5) is 24.3. The summed E-state index contributed by atoms with van der Waals surface area (Å²) in [6.45, 7) is 3.03. The lowest BCUT2D eigenvalue weighted by molar-refractivity contribution is -0.141. The molecule has 1 aliphatic rings. The highest BCUT2D eigenvalue weighted by Crippen LogP contribution is 2.09. The Hall–Kier alpha value is -1.10. The Bertz CT molecular complexity index is 243. The van der Waals surface area contributed by atoms with Crippen LogP contribution in [0.2, 0.25) is 0 Å². The third-order valence-corrected chi connectivity index (χ3v) is 2.53. The van der Waals surface area contributed by atoms with Gasteiger partial charge in [0.2, 0.25) is 5.91 Å². The van der Waals surface area contributed by atoms with Crippen LogP contribution in [-0.4, -0.2) is 43.1 Å². The third-order valence-electron chi connectivity index (χ3n) is 2.53. The van der Waals surface area contributed by atoms with Gasteiger partial charge in [-0.2, -0.15) is 0 Å². The van der Waals surface area contributed by atoms with Crippen molar-refractivity contribution in [2.24, 2.45) is 0 Å². The molecule has 1 atom stereocenters. The molecule has 1 N–H and O–H groups in total. The molecule has 1 unspecified atom stereocenters. The van der Waals surface area contributed by atoms with Gasteiger partial charge in [-0.05, 0) is 6.42 Å². The van der Waals surface area contributed by atoms with Gasteiger partial charge in [0, 0.05) is 6.54 Å². The molecular weight excluding hydrogens is 196 g/mol. The normalized spacial score (nSPS) is 20.8. The van der Waals surface area contributed by atoms with E-state index >= 15 is 0 Å². The van der Waals surface area contributed by atoms with Crippen LogP contribution in [0.4, 0.5) is 0 Å². The summed E-state index contributed by atoms with van der Waals surface area (Å²) in [6.07, 6.45) is 2.10. The zero-order chi connectivity index (χ0) is 11.3. The van der Waals surface area contributed by atoms with Gasteiger partial charge in [0.1, 0.15) is 0 Å². The molecule has 0 bridgehead atoms. The van der Waals surface area contributed by atoms with Gasteiger partial charge in [-0.3, -0.25) is 14.9 Å². The Balaban J connectivity index is 2.33. The summed E-state index contributed by atoms with van der Waals surface area (Å²) >= 11 is 0. The molecule has 0 spiro atoms. The van der Waals surface area contributed by atoms with Crippen molar-refractivity contribution in [2.45, 2.75) is 32.2 Å². The van der Waals surface area contributed by atoms with Crippen molar-refractivity contribution in [2.75, 3.05) is 20.3 Å². The fourth-order valence-electron chi connectivity index (χ4n) is 1.64. The van der Waals surface area contributed by atoms with E-state index in [1.807, 2.05) is 6.92 Å². The molecule has 0 aromatic heterocycles. The molecule has 0 radical (unpaired) electrons. The second-order valence-corrected chi connectivity index (χ2v) is 3.63. The molecule has 1 amide bonds. The molecule has 1 heterocycles. The van der Waals surface area contributed by atoms with Crippen LogP contribution in [0.3, 0.4) is 0 Å². The molecular formula is C10H18N2O3. The van der Waals surface area contributed by atoms with Gasteiger partial charge in [0.05, 0.1) is 26.2 Å². The van der Waals surface area contributed by atoms with Crippen LogP contribution in [0.25, 0.3) is 0 Å². The Morgan fingerprint density at radius 2 is 2.40 bits per heavy atom. The second kappa shape index (κ2) is 5.70. The lowest BCUT2D eigenvalue weighted by Gasteiger charge is -2.14. The summed E-state index contributed by atoms with van der Waals surface area (Å²) < 4.78 is 4.52. The van der Waals surface area contributed by atoms with Crippen LogP contribution >= 0.6 is 0 Å². The molecule has 86 valence electrons. The Kier molecular flexibility index (Phi) is 4.55. The molecule has 0 aromatic carbocycles. The molecule has 1 rings (SSSR count). The standard InChI is InChI=1S/C10H18N2O3/c1-3-4-8-10(14)12(7-11-8)6-5-9(13)15-2/h8,11H,3-7H2,1-2H3. The Morgan fingerprint density at radius 1 is 1.67 bits per heavy atom. The van der Waals surface area contributed by atoms with Crippen molar-refractivity contribution in [1.82, 2.24) is 10.2 Å². The molecule has 0 saturated carbocycles. The van der Waals surface area contributed by atoms with E-state index < -0.39 is 0 Å². The molecule has 0 aliphatic carbocycles. The lowest BCUT2D eigenvalue weighted by Crippen LogP contribution is -2.31. The number of ether oxygens (including phenoxy) is 1. The Labute approximate surface area is 89.8 Å². The number of hydrogen-bond acceptors (Lipinski definition) is 4. The van der Waals surface area contributed by atoms with Gasteiger partial charge < -0.3 is 9.64 Å². The summed E-state index contributed by atoms with van der Waals surface area (Å²) in [5.41, 5.74) is 0. The molecule has 15 heavy (non-hydrogen) atoms. The van der Waals surface area contributed by atoms with Crippen molar-refractivity contribution in [1.29, 1.82) is 0 Å². The average Bonchev–Trinajstić information content (AvgIpc) is 2.58. The van der Waals surface area contributed by atoms with Gasteiger partial charge in [-0.25, -0.2) is 0 Å². The van der Waals surface area contributed by atoms with Crippen LogP contribution in [-0.2, 0) is 14.3 Å². The number of hydrogen-bond donors (Lipinski definition) is 1. The van der Waals surface area contributed by atoms with Gasteiger partial charge in [0.25, 0.3) is 0 Å². The van der Waals surface area contributed by atoms with E-state index in [0.29, 0.717) is 13.2 Å². The highest BCUT2D eigenvalue weighted by Gasteiger charge is 2.29. The molecule has 0 aromatic rings. The maximum absolute atomic E-state index is 11.7. The van der Waals surface area contributed by atoms with Crippen LogP contribution in [0.1, 0.15) is 26.2 Å². The number of methoxy groups -OCH3 is 1. The maximum atomic E-state index is 11.7. The van der Waals surface area contributed by atoms with E-state index in [4.69, 9.17) is 0 Å². The largest absolute Gasteiger partial charge is 0.469 e. The zero-order valence-corrected chi connectivity index (χ0v) is 9.28. The fourth-order valence-corrected chi connectivity index (χ4v) is 1.64. The minimum atomic E-state index is -0.276. The highest BCUT2D eigenvalue weighted by atomic mass is 16.5. The second-order valence-electron chi connectivity index (χ2n) is 3.63. The third kappa shape index (κ3) is 3.20. The molecule has 5 heteroatoms. The monoisotopic (exact) mass is 214 g/mol. The number of nitrogens with zero attached hydrogens (tertiary/aromatic N) is 1. The van der Waals surface area contributed by atoms with E-state index in [1.54, 1.807) is 4.90 Å². The van der Waals surface area contributed by atoms with Gasteiger partial charge in [0.15, 0.2) is 0 Å². The molecule has 1 fully saturated rings. The van der Waals surface area contributed by atoms with Gasteiger partial charge >= 0.3 is 5.97 Å². The number of amides is 1. The summed E-state index contributed by atoms with van der Waals surface area (Å²) in [7, 11) is 1.35. The summed E-state index contributed by atoms with van der Waals surface area (Å²) in [6, 6.07) is -0.0624. The molecule has 1 saturated heterocycles. The van der Waals surface area contributed by atoms with Crippen LogP contribution in [0.15, 0.2) is 0 Å². The van der Waals surface area contributed by atoms with E-state index in [9.17, 15) is 9.59 Å². The lowest BCUT2D eigenvalue weighted by atomic mass is 10.2. The summed E-state index contributed by atoms with van der Waals surface area (Å²) in [5, 5.41) is 3.12. The molecule has 1 aliphatic heterocycles. The Morgan fingerprint density at radius 3 is 3.00 bits per heavy atom. The van der Waals surface area contributed by atoms with Crippen molar-refractivity contribution in [3.8, 4) is 0 Å². The quantitative estimate of drug-likeness (QED) is 0.660. The van der Waals surface area contributed by atoms with E-state index in [-0.39, 0.29) is 24.3 Å². The van der Waals surface area contributed by atoms with Crippen LogP contribution in [0.5, 0.6) is 0 Å². The van der Waals surface area contributed by atoms with Crippen LogP contribution < -0.4 is 5.32 Å². The van der Waals surface area contributed by atoms with Crippen molar-refractivity contribution in [3.63, 3.8) is 0 Å². The zero-order valence-electron chi connectivity index (χ0n) is 9.28. The van der Waals surface area contributed by atoms with E-state index in [2.05, 4.69) is 10.1 Å². The number of carbonyl (C=O) groups excluding carboxylic acids is 2. The first-order chi connectivity index (χ1) is 7.19. The first-order valence-electron chi connectivity index (χ1n) is 5.28. The van der Waals surface area contributed by atoms with Crippen molar-refractivity contribution >= 4 is 11.9 Å². The fraction of sp³-hybridized carbons (Fsp3) is 0.800. The topological polar surface area (TPSA) is 58.6 Å². The number of rotatable bonds is 5. The number of nitrogens with one attached hydrogen (secondary N) is 1. The highest BCUT2D eigenvalue weighted by molar-refractivity contribution is 5.84. The first-order valence-corrected chi connectivity index (χ1v) is 5.28. The number of carbonyl (C=O) groups is 2. The minimum Gasteiger partial charge on any atom is -0.469 e. The van der Waals surface area contributed by atoms with E-state index in [1.165, 1.54) is 7.11 Å². The van der Waals surface area contributed by atoms with Crippen LogP contribution in [0, 0.1) is 0 Å². The molecule has 5 nitrogen and oxygen atoms in total. The average molecular weight is 214 g/mol. The van der Waals surface area contributed by atoms with Gasteiger partial charge in [-0.1, -0.05) is 13.3 Å². The van der Waals surface area contributed by atoms with Crippen molar-refractivity contribution in [3.05, 3.63) is 0 Å². The smallest absolute Gasteiger partial charge is 0.307 e. The first kappa shape index (κ1) is 12.0. The van der Waals surface area contributed by atoms with E-state index in [0.717, 1.165) is 12.8 Å². The SMILES string of the molecule is CCCC1NCN(CCC(=O)OC)C1=O. The number of esters is 1. The summed E-state index contributed by atoms with van der Waals surface area (Å²) in [5.74, 6) is -0.178. The predicted molar refractivity (Wildman–Crippen MR) is 55.0 cm³/mol. The minimum absolute atomic E-state index is 0.0624. The maximum Gasteiger partial charge on any atom is 0.307 e. The van der Waals surface area contributed by atoms with Crippen molar-refractivity contribution < 1.29 is 14.3 Å². The van der Waals surface area contributed by atoms with Gasteiger partial charge in [-0.15, -0.1) is 0 Å².